The first-order chi connectivity index (χ1) is 9.16. The van der Waals surface area contributed by atoms with Crippen molar-refractivity contribution in [1.82, 2.24) is 4.90 Å². The number of likely N-dealkylation sites (tertiary alicyclic amines) is 1. The summed E-state index contributed by atoms with van der Waals surface area (Å²) in [5.41, 5.74) is 0. The maximum Gasteiger partial charge on any atom is 0.491 e. The molecular formula is C10H9F3N2O5. The van der Waals surface area contributed by atoms with Gasteiger partial charge in [0.05, 0.1) is 12.5 Å². The Morgan fingerprint density at radius 1 is 1.45 bits per heavy atom. The third-order valence-corrected chi connectivity index (χ3v) is 2.34. The number of halogens is 3. The number of rotatable bonds is 3. The molecule has 0 aromatic carbocycles. The molecule has 0 aromatic rings. The summed E-state index contributed by atoms with van der Waals surface area (Å²) >= 11 is 0. The Balaban J connectivity index is 2.92. The second-order valence-electron chi connectivity index (χ2n) is 3.83. The third kappa shape index (κ3) is 3.59. The van der Waals surface area contributed by atoms with Gasteiger partial charge in [-0.2, -0.15) is 18.4 Å². The molecule has 2 atom stereocenters. The highest BCUT2D eigenvalue weighted by Crippen LogP contribution is 2.26. The SMILES string of the molecule is CC(=O)O[C@@H]1CC(=O)N(CC#N)[C@@H]1OC(=O)C(F)(F)F. The van der Waals surface area contributed by atoms with Crippen LogP contribution in [0.5, 0.6) is 0 Å². The van der Waals surface area contributed by atoms with Crippen LogP contribution in [0.15, 0.2) is 0 Å². The summed E-state index contributed by atoms with van der Waals surface area (Å²) in [4.78, 5) is 33.7. The molecule has 0 unspecified atom stereocenters. The lowest BCUT2D eigenvalue weighted by Gasteiger charge is -2.25. The van der Waals surface area contributed by atoms with Crippen LogP contribution in [0.4, 0.5) is 13.2 Å². The van der Waals surface area contributed by atoms with Crippen LogP contribution in [-0.2, 0) is 23.9 Å². The van der Waals surface area contributed by atoms with Crippen LogP contribution in [0.3, 0.4) is 0 Å². The minimum atomic E-state index is -5.26. The number of alkyl halides is 3. The fourth-order valence-electron chi connectivity index (χ4n) is 1.62. The fraction of sp³-hybridized carbons (Fsp3) is 0.600. The number of carbonyl (C=O) groups excluding carboxylic acids is 3. The number of nitriles is 1. The van der Waals surface area contributed by atoms with E-state index in [-0.39, 0.29) is 0 Å². The Morgan fingerprint density at radius 2 is 2.05 bits per heavy atom. The Hall–Kier alpha value is -2.31. The normalized spacial score (nSPS) is 22.4. The predicted octanol–water partition coefficient (Wildman–Crippen LogP) is 0.106. The zero-order chi connectivity index (χ0) is 15.5. The summed E-state index contributed by atoms with van der Waals surface area (Å²) < 4.78 is 45.2. The Labute approximate surface area is 110 Å². The maximum atomic E-state index is 12.2. The van der Waals surface area contributed by atoms with E-state index in [0.717, 1.165) is 6.92 Å². The van der Waals surface area contributed by atoms with Gasteiger partial charge in [0.25, 0.3) is 0 Å². The van der Waals surface area contributed by atoms with Crippen LogP contribution >= 0.6 is 0 Å². The molecular weight excluding hydrogens is 285 g/mol. The van der Waals surface area contributed by atoms with Crippen molar-refractivity contribution in [1.29, 1.82) is 5.26 Å². The second-order valence-corrected chi connectivity index (χ2v) is 3.83. The number of hydrogen-bond acceptors (Lipinski definition) is 6. The summed E-state index contributed by atoms with van der Waals surface area (Å²) in [5, 5.41) is 8.51. The van der Waals surface area contributed by atoms with Gasteiger partial charge in [0.15, 0.2) is 6.10 Å². The van der Waals surface area contributed by atoms with Gasteiger partial charge in [-0.25, -0.2) is 4.79 Å². The molecule has 1 saturated heterocycles. The summed E-state index contributed by atoms with van der Waals surface area (Å²) in [5.74, 6) is -4.13. The van der Waals surface area contributed by atoms with Crippen molar-refractivity contribution in [2.75, 3.05) is 6.54 Å². The second kappa shape index (κ2) is 5.77. The molecule has 0 aliphatic carbocycles. The van der Waals surface area contributed by atoms with Crippen molar-refractivity contribution in [3.05, 3.63) is 0 Å². The van der Waals surface area contributed by atoms with Crippen LogP contribution in [0, 0.1) is 11.3 Å². The molecule has 7 nitrogen and oxygen atoms in total. The molecule has 0 spiro atoms. The molecule has 1 amide bonds. The van der Waals surface area contributed by atoms with E-state index in [1.165, 1.54) is 0 Å². The average Bonchev–Trinajstić information content (AvgIpc) is 2.55. The Kier molecular flexibility index (Phi) is 4.54. The Bertz CT molecular complexity index is 470. The molecule has 20 heavy (non-hydrogen) atoms. The molecule has 0 saturated carbocycles. The summed E-state index contributed by atoms with van der Waals surface area (Å²) in [6, 6.07) is 1.55. The summed E-state index contributed by atoms with van der Waals surface area (Å²) in [7, 11) is 0. The van der Waals surface area contributed by atoms with Gasteiger partial charge in [0.1, 0.15) is 6.54 Å². The zero-order valence-corrected chi connectivity index (χ0v) is 10.1. The molecule has 0 N–H and O–H groups in total. The predicted molar refractivity (Wildman–Crippen MR) is 53.4 cm³/mol. The summed E-state index contributed by atoms with van der Waals surface area (Å²) in [6.45, 7) is 0.395. The number of esters is 2. The largest absolute Gasteiger partial charge is 0.491 e. The molecule has 10 heteroatoms. The fourth-order valence-corrected chi connectivity index (χ4v) is 1.62. The highest BCUT2D eigenvalue weighted by Gasteiger charge is 2.49. The van der Waals surface area contributed by atoms with Gasteiger partial charge in [-0.3, -0.25) is 14.5 Å². The lowest BCUT2D eigenvalue weighted by molar-refractivity contribution is -0.217. The molecule has 1 rings (SSSR count). The van der Waals surface area contributed by atoms with Gasteiger partial charge in [-0.15, -0.1) is 0 Å². The van der Waals surface area contributed by atoms with Crippen molar-refractivity contribution in [2.24, 2.45) is 0 Å². The van der Waals surface area contributed by atoms with Gasteiger partial charge in [0.2, 0.25) is 12.1 Å². The molecule has 0 aromatic heterocycles. The standard InChI is InChI=1S/C10H9F3N2O5/c1-5(16)19-6-4-7(17)15(3-2-14)8(6)20-9(18)10(11,12)13/h6,8H,3-4H2,1H3/t6-,8-/m1/s1. The van der Waals surface area contributed by atoms with Crippen molar-refractivity contribution >= 4 is 17.8 Å². The molecule has 1 heterocycles. The van der Waals surface area contributed by atoms with Gasteiger partial charge in [0, 0.05) is 6.92 Å². The lowest BCUT2D eigenvalue weighted by Crippen LogP contribution is -2.44. The molecule has 0 radical (unpaired) electrons. The minimum Gasteiger partial charge on any atom is -0.456 e. The number of hydrogen-bond donors (Lipinski definition) is 0. The molecule has 1 fully saturated rings. The molecule has 1 aliphatic rings. The highest BCUT2D eigenvalue weighted by atomic mass is 19.4. The first-order valence-electron chi connectivity index (χ1n) is 5.28. The number of amides is 1. The number of ether oxygens (including phenoxy) is 2. The van der Waals surface area contributed by atoms with E-state index in [4.69, 9.17) is 5.26 Å². The van der Waals surface area contributed by atoms with E-state index >= 15 is 0 Å². The summed E-state index contributed by atoms with van der Waals surface area (Å²) in [6.07, 6.45) is -8.86. The van der Waals surface area contributed by atoms with Gasteiger partial charge in [-0.1, -0.05) is 0 Å². The van der Waals surface area contributed by atoms with Crippen LogP contribution in [0.25, 0.3) is 0 Å². The van der Waals surface area contributed by atoms with Crippen molar-refractivity contribution in [3.8, 4) is 6.07 Å². The van der Waals surface area contributed by atoms with Crippen LogP contribution in [0.2, 0.25) is 0 Å². The maximum absolute atomic E-state index is 12.2. The number of carbonyl (C=O) groups is 3. The van der Waals surface area contributed by atoms with E-state index in [1.807, 2.05) is 0 Å². The van der Waals surface area contributed by atoms with Crippen LogP contribution < -0.4 is 0 Å². The van der Waals surface area contributed by atoms with Gasteiger partial charge in [-0.05, 0) is 0 Å². The van der Waals surface area contributed by atoms with E-state index in [9.17, 15) is 27.6 Å². The van der Waals surface area contributed by atoms with E-state index in [2.05, 4.69) is 9.47 Å². The molecule has 110 valence electrons. The smallest absolute Gasteiger partial charge is 0.456 e. The number of nitrogens with zero attached hydrogens (tertiary/aromatic N) is 2. The highest BCUT2D eigenvalue weighted by molar-refractivity contribution is 5.82. The van der Waals surface area contributed by atoms with Gasteiger partial charge >= 0.3 is 18.1 Å². The van der Waals surface area contributed by atoms with E-state index in [0.29, 0.717) is 4.90 Å². The van der Waals surface area contributed by atoms with E-state index < -0.39 is 49.3 Å². The lowest BCUT2D eigenvalue weighted by atomic mass is 10.3. The van der Waals surface area contributed by atoms with E-state index in [1.54, 1.807) is 6.07 Å². The first-order valence-corrected chi connectivity index (χ1v) is 5.28. The van der Waals surface area contributed by atoms with Crippen molar-refractivity contribution in [3.63, 3.8) is 0 Å². The van der Waals surface area contributed by atoms with Crippen LogP contribution in [-0.4, -0.2) is 47.8 Å². The van der Waals surface area contributed by atoms with Gasteiger partial charge < -0.3 is 9.47 Å². The topological polar surface area (TPSA) is 96.7 Å². The molecule has 1 aliphatic heterocycles. The van der Waals surface area contributed by atoms with Crippen LogP contribution in [0.1, 0.15) is 13.3 Å². The third-order valence-electron chi connectivity index (χ3n) is 2.34. The Morgan fingerprint density at radius 3 is 2.50 bits per heavy atom. The van der Waals surface area contributed by atoms with Crippen molar-refractivity contribution in [2.45, 2.75) is 31.9 Å². The zero-order valence-electron chi connectivity index (χ0n) is 10.1. The van der Waals surface area contributed by atoms with Crippen molar-refractivity contribution < 1.29 is 37.0 Å². The first kappa shape index (κ1) is 15.7. The molecule has 0 bridgehead atoms. The minimum absolute atomic E-state index is 0.461. The monoisotopic (exact) mass is 294 g/mol. The quantitative estimate of drug-likeness (QED) is 0.541. The average molecular weight is 294 g/mol.